The van der Waals surface area contributed by atoms with Crippen LogP contribution in [-0.4, -0.2) is 23.1 Å². The quantitative estimate of drug-likeness (QED) is 0.704. The molecule has 104 valence electrons. The van der Waals surface area contributed by atoms with Crippen molar-refractivity contribution >= 4 is 17.0 Å². The van der Waals surface area contributed by atoms with Crippen molar-refractivity contribution in [1.29, 1.82) is 5.26 Å². The minimum absolute atomic E-state index is 0.534. The molecule has 0 spiro atoms. The summed E-state index contributed by atoms with van der Waals surface area (Å²) in [7, 11) is 0. The van der Waals surface area contributed by atoms with Gasteiger partial charge in [0.05, 0.1) is 17.6 Å². The first-order valence-electron chi connectivity index (χ1n) is 6.67. The lowest BCUT2D eigenvalue weighted by Crippen LogP contribution is -2.12. The molecule has 0 unspecified atom stereocenters. The molecule has 5 nitrogen and oxygen atoms in total. The standard InChI is InChI=1S/C16H14N4O/c17-11-12-5-4-8-14-15(12)20-16(19-14)18-9-10-21-13-6-2-1-3-7-13/h1-8H,9-10H2,(H2,18,19,20). The van der Waals surface area contributed by atoms with Gasteiger partial charge in [0.1, 0.15) is 23.9 Å². The molecule has 5 heteroatoms. The summed E-state index contributed by atoms with van der Waals surface area (Å²) in [4.78, 5) is 7.52. The van der Waals surface area contributed by atoms with Crippen molar-refractivity contribution in [2.24, 2.45) is 0 Å². The second-order valence-corrected chi connectivity index (χ2v) is 4.49. The van der Waals surface area contributed by atoms with Crippen LogP contribution in [0.1, 0.15) is 5.56 Å². The molecule has 0 amide bonds. The number of hydrogen-bond donors (Lipinski definition) is 2. The molecule has 0 radical (unpaired) electrons. The number of anilines is 1. The zero-order chi connectivity index (χ0) is 14.5. The van der Waals surface area contributed by atoms with E-state index in [9.17, 15) is 0 Å². The number of H-pyrrole nitrogens is 1. The number of para-hydroxylation sites is 2. The van der Waals surface area contributed by atoms with Crippen LogP contribution < -0.4 is 10.1 Å². The van der Waals surface area contributed by atoms with Crippen LogP contribution in [0.5, 0.6) is 5.75 Å². The van der Waals surface area contributed by atoms with Crippen molar-refractivity contribution in [3.8, 4) is 11.8 Å². The van der Waals surface area contributed by atoms with Gasteiger partial charge in [-0.3, -0.25) is 0 Å². The maximum Gasteiger partial charge on any atom is 0.201 e. The second-order valence-electron chi connectivity index (χ2n) is 4.49. The summed E-state index contributed by atoms with van der Waals surface area (Å²) in [5, 5.41) is 12.2. The number of rotatable bonds is 5. The van der Waals surface area contributed by atoms with E-state index in [1.807, 2.05) is 42.5 Å². The Morgan fingerprint density at radius 2 is 2.00 bits per heavy atom. The van der Waals surface area contributed by atoms with Crippen LogP contribution in [0, 0.1) is 11.3 Å². The third-order valence-electron chi connectivity index (χ3n) is 3.04. The zero-order valence-electron chi connectivity index (χ0n) is 11.3. The average Bonchev–Trinajstić information content (AvgIpc) is 2.95. The van der Waals surface area contributed by atoms with Crippen LogP contribution in [0.4, 0.5) is 5.95 Å². The highest BCUT2D eigenvalue weighted by Gasteiger charge is 2.06. The van der Waals surface area contributed by atoms with E-state index in [0.29, 0.717) is 30.2 Å². The molecular formula is C16H14N4O. The van der Waals surface area contributed by atoms with Crippen molar-refractivity contribution in [2.75, 3.05) is 18.5 Å². The number of nitriles is 1. The first-order chi connectivity index (χ1) is 10.4. The highest BCUT2D eigenvalue weighted by atomic mass is 16.5. The Kier molecular flexibility index (Phi) is 3.70. The summed E-state index contributed by atoms with van der Waals surface area (Å²) in [5.41, 5.74) is 2.10. The first kappa shape index (κ1) is 13.0. The number of hydrogen-bond acceptors (Lipinski definition) is 4. The fraction of sp³-hybridized carbons (Fsp3) is 0.125. The Balaban J connectivity index is 1.60. The predicted octanol–water partition coefficient (Wildman–Crippen LogP) is 2.93. The van der Waals surface area contributed by atoms with Gasteiger partial charge in [0, 0.05) is 0 Å². The summed E-state index contributed by atoms with van der Waals surface area (Å²) in [5.74, 6) is 1.49. The van der Waals surface area contributed by atoms with Gasteiger partial charge in [0.15, 0.2) is 0 Å². The average molecular weight is 278 g/mol. The predicted molar refractivity (Wildman–Crippen MR) is 81.2 cm³/mol. The molecule has 0 aliphatic heterocycles. The number of imidazole rings is 1. The van der Waals surface area contributed by atoms with Gasteiger partial charge in [-0.05, 0) is 24.3 Å². The molecule has 0 bridgehead atoms. The van der Waals surface area contributed by atoms with E-state index in [-0.39, 0.29) is 0 Å². The van der Waals surface area contributed by atoms with Gasteiger partial charge in [0.2, 0.25) is 5.95 Å². The van der Waals surface area contributed by atoms with Crippen LogP contribution >= 0.6 is 0 Å². The van der Waals surface area contributed by atoms with E-state index in [1.165, 1.54) is 0 Å². The van der Waals surface area contributed by atoms with Crippen LogP contribution in [0.2, 0.25) is 0 Å². The van der Waals surface area contributed by atoms with Crippen molar-refractivity contribution in [1.82, 2.24) is 9.97 Å². The second kappa shape index (κ2) is 5.97. The number of benzene rings is 2. The van der Waals surface area contributed by atoms with Crippen molar-refractivity contribution in [3.05, 3.63) is 54.1 Å². The molecule has 0 aliphatic rings. The van der Waals surface area contributed by atoms with Gasteiger partial charge in [-0.1, -0.05) is 24.3 Å². The van der Waals surface area contributed by atoms with E-state index in [0.717, 1.165) is 11.3 Å². The fourth-order valence-corrected chi connectivity index (χ4v) is 2.06. The Hall–Kier alpha value is -3.00. The molecule has 0 aliphatic carbocycles. The molecule has 0 fully saturated rings. The van der Waals surface area contributed by atoms with Crippen LogP contribution in [0.15, 0.2) is 48.5 Å². The summed E-state index contributed by atoms with van der Waals surface area (Å²) in [6, 6.07) is 17.3. The van der Waals surface area contributed by atoms with Gasteiger partial charge in [-0.15, -0.1) is 0 Å². The SMILES string of the molecule is N#Cc1cccc2[nH]c(NCCOc3ccccc3)nc12. The van der Waals surface area contributed by atoms with Crippen molar-refractivity contribution < 1.29 is 4.74 Å². The minimum atomic E-state index is 0.534. The number of nitrogens with zero attached hydrogens (tertiary/aromatic N) is 2. The van der Waals surface area contributed by atoms with E-state index in [2.05, 4.69) is 21.4 Å². The fourth-order valence-electron chi connectivity index (χ4n) is 2.06. The van der Waals surface area contributed by atoms with Gasteiger partial charge in [-0.2, -0.15) is 5.26 Å². The Bertz CT molecular complexity index is 774. The van der Waals surface area contributed by atoms with Gasteiger partial charge < -0.3 is 15.0 Å². The first-order valence-corrected chi connectivity index (χ1v) is 6.67. The largest absolute Gasteiger partial charge is 0.492 e. The van der Waals surface area contributed by atoms with Crippen LogP contribution in [0.3, 0.4) is 0 Å². The maximum atomic E-state index is 9.04. The Morgan fingerprint density at radius 1 is 1.14 bits per heavy atom. The molecule has 21 heavy (non-hydrogen) atoms. The third-order valence-corrected chi connectivity index (χ3v) is 3.04. The summed E-state index contributed by atoms with van der Waals surface area (Å²) < 4.78 is 5.59. The number of aromatic amines is 1. The van der Waals surface area contributed by atoms with Gasteiger partial charge in [0.25, 0.3) is 0 Å². The lowest BCUT2D eigenvalue weighted by Gasteiger charge is -2.06. The van der Waals surface area contributed by atoms with Gasteiger partial charge >= 0.3 is 0 Å². The molecule has 0 atom stereocenters. The lowest BCUT2D eigenvalue weighted by atomic mass is 10.2. The molecule has 0 saturated heterocycles. The smallest absolute Gasteiger partial charge is 0.201 e. The molecule has 0 saturated carbocycles. The van der Waals surface area contributed by atoms with E-state index in [1.54, 1.807) is 6.07 Å². The Labute approximate surface area is 122 Å². The highest BCUT2D eigenvalue weighted by Crippen LogP contribution is 2.17. The zero-order valence-corrected chi connectivity index (χ0v) is 11.3. The van der Waals surface area contributed by atoms with E-state index >= 15 is 0 Å². The van der Waals surface area contributed by atoms with Crippen molar-refractivity contribution in [3.63, 3.8) is 0 Å². The number of nitrogens with one attached hydrogen (secondary N) is 2. The monoisotopic (exact) mass is 278 g/mol. The minimum Gasteiger partial charge on any atom is -0.492 e. The number of fused-ring (bicyclic) bond motifs is 1. The molecule has 3 aromatic rings. The Morgan fingerprint density at radius 3 is 2.81 bits per heavy atom. The third kappa shape index (κ3) is 2.95. The lowest BCUT2D eigenvalue weighted by molar-refractivity contribution is 0.332. The summed E-state index contributed by atoms with van der Waals surface area (Å²) >= 11 is 0. The topological polar surface area (TPSA) is 73.7 Å². The highest BCUT2D eigenvalue weighted by molar-refractivity contribution is 5.83. The van der Waals surface area contributed by atoms with E-state index in [4.69, 9.17) is 10.00 Å². The normalized spacial score (nSPS) is 10.2. The van der Waals surface area contributed by atoms with Crippen LogP contribution in [0.25, 0.3) is 11.0 Å². The van der Waals surface area contributed by atoms with Crippen LogP contribution in [-0.2, 0) is 0 Å². The molecule has 1 aromatic heterocycles. The van der Waals surface area contributed by atoms with Crippen molar-refractivity contribution in [2.45, 2.75) is 0 Å². The molecule has 3 rings (SSSR count). The molecule has 2 aromatic carbocycles. The van der Waals surface area contributed by atoms with Gasteiger partial charge in [-0.25, -0.2) is 4.98 Å². The summed E-state index contributed by atoms with van der Waals surface area (Å²) in [6.45, 7) is 1.16. The number of aromatic nitrogens is 2. The molecular weight excluding hydrogens is 264 g/mol. The molecule has 1 heterocycles. The number of ether oxygens (including phenoxy) is 1. The maximum absolute atomic E-state index is 9.04. The summed E-state index contributed by atoms with van der Waals surface area (Å²) in [6.07, 6.45) is 0. The van der Waals surface area contributed by atoms with E-state index < -0.39 is 0 Å². The molecule has 2 N–H and O–H groups in total.